The minimum atomic E-state index is -1.25. The van der Waals surface area contributed by atoms with Crippen molar-refractivity contribution in [1.29, 1.82) is 0 Å². The minimum Gasteiger partial charge on any atom is -0.480 e. The third-order valence-electron chi connectivity index (χ3n) is 2.00. The first-order chi connectivity index (χ1) is 7.41. The summed E-state index contributed by atoms with van der Waals surface area (Å²) in [7, 11) is 0. The van der Waals surface area contributed by atoms with Crippen LogP contribution in [-0.4, -0.2) is 22.0 Å². The lowest BCUT2D eigenvalue weighted by Crippen LogP contribution is -2.32. The van der Waals surface area contributed by atoms with Gasteiger partial charge in [-0.1, -0.05) is 0 Å². The highest BCUT2D eigenvalue weighted by molar-refractivity contribution is 5.73. The molecule has 0 saturated heterocycles. The molecule has 0 aromatic heterocycles. The predicted octanol–water partition coefficient (Wildman–Crippen LogP) is 0.688. The number of carboxylic acids is 1. The van der Waals surface area contributed by atoms with E-state index in [1.807, 2.05) is 0 Å². The van der Waals surface area contributed by atoms with E-state index in [1.54, 1.807) is 0 Å². The molecule has 0 radical (unpaired) electrons. The van der Waals surface area contributed by atoms with E-state index in [9.17, 15) is 19.3 Å². The quantitative estimate of drug-likeness (QED) is 0.582. The first kappa shape index (κ1) is 12.1. The van der Waals surface area contributed by atoms with Gasteiger partial charge in [0.1, 0.15) is 11.9 Å². The molecule has 1 aromatic rings. The summed E-state index contributed by atoms with van der Waals surface area (Å²) in [5, 5.41) is 18.8. The van der Waals surface area contributed by atoms with E-state index in [0.717, 1.165) is 18.2 Å². The lowest BCUT2D eigenvalue weighted by atomic mass is 10.1. The Kier molecular flexibility index (Phi) is 3.51. The number of nitro benzene ring substituents is 1. The van der Waals surface area contributed by atoms with Gasteiger partial charge in [0.15, 0.2) is 0 Å². The van der Waals surface area contributed by atoms with Gasteiger partial charge in [0.05, 0.1) is 11.0 Å². The van der Waals surface area contributed by atoms with Crippen molar-refractivity contribution in [1.82, 2.24) is 0 Å². The molecule has 0 heterocycles. The van der Waals surface area contributed by atoms with E-state index in [4.69, 9.17) is 10.8 Å². The number of hydrogen-bond donors (Lipinski definition) is 2. The Labute approximate surface area is 89.6 Å². The lowest BCUT2D eigenvalue weighted by Gasteiger charge is -2.06. The standard InChI is InChI=1S/C9H9FN2O4/c10-7-4-6(12(15)16)2-1-5(7)3-8(11)9(13)14/h1-2,4,8H,3,11H2,(H,13,14). The summed E-state index contributed by atoms with van der Waals surface area (Å²) in [4.78, 5) is 20.0. The number of halogens is 1. The Hall–Kier alpha value is -2.02. The Morgan fingerprint density at radius 1 is 1.62 bits per heavy atom. The van der Waals surface area contributed by atoms with Gasteiger partial charge in [-0.05, 0) is 11.6 Å². The smallest absolute Gasteiger partial charge is 0.320 e. The topological polar surface area (TPSA) is 106 Å². The summed E-state index contributed by atoms with van der Waals surface area (Å²) in [5.74, 6) is -2.08. The van der Waals surface area contributed by atoms with E-state index in [-0.39, 0.29) is 17.7 Å². The number of aliphatic carboxylic acids is 1. The van der Waals surface area contributed by atoms with Crippen molar-refractivity contribution in [3.8, 4) is 0 Å². The summed E-state index contributed by atoms with van der Waals surface area (Å²) < 4.78 is 13.3. The van der Waals surface area contributed by atoms with E-state index < -0.39 is 22.8 Å². The van der Waals surface area contributed by atoms with Crippen LogP contribution in [-0.2, 0) is 11.2 Å². The molecule has 0 fully saturated rings. The van der Waals surface area contributed by atoms with Gasteiger partial charge < -0.3 is 10.8 Å². The van der Waals surface area contributed by atoms with Gasteiger partial charge in [0, 0.05) is 12.5 Å². The summed E-state index contributed by atoms with van der Waals surface area (Å²) in [6, 6.07) is 1.78. The van der Waals surface area contributed by atoms with Crippen molar-refractivity contribution in [2.45, 2.75) is 12.5 Å². The lowest BCUT2D eigenvalue weighted by molar-refractivity contribution is -0.385. The normalized spacial score (nSPS) is 12.1. The molecular formula is C9H9FN2O4. The van der Waals surface area contributed by atoms with Gasteiger partial charge in [0.25, 0.3) is 5.69 Å². The van der Waals surface area contributed by atoms with Gasteiger partial charge in [-0.2, -0.15) is 0 Å². The second-order valence-corrected chi connectivity index (χ2v) is 3.18. The highest BCUT2D eigenvalue weighted by atomic mass is 19.1. The number of nitrogens with two attached hydrogens (primary N) is 1. The molecule has 6 nitrogen and oxygen atoms in total. The van der Waals surface area contributed by atoms with Crippen LogP contribution in [0.5, 0.6) is 0 Å². The van der Waals surface area contributed by atoms with Crippen molar-refractivity contribution in [2.75, 3.05) is 0 Å². The number of rotatable bonds is 4. The number of nitro groups is 1. The first-order valence-corrected chi connectivity index (χ1v) is 4.33. The van der Waals surface area contributed by atoms with Crippen LogP contribution in [0.3, 0.4) is 0 Å². The summed E-state index contributed by atoms with van der Waals surface area (Å²) in [6.07, 6.45) is -0.209. The molecule has 7 heteroatoms. The van der Waals surface area contributed by atoms with Crippen molar-refractivity contribution in [3.63, 3.8) is 0 Å². The van der Waals surface area contributed by atoms with Crippen LogP contribution >= 0.6 is 0 Å². The molecule has 0 bridgehead atoms. The SMILES string of the molecule is NC(Cc1ccc([N+](=O)[O-])cc1F)C(=O)O. The molecule has 0 saturated carbocycles. The maximum absolute atomic E-state index is 13.3. The number of non-ortho nitro benzene ring substituents is 1. The second-order valence-electron chi connectivity index (χ2n) is 3.18. The molecule has 1 unspecified atom stereocenters. The monoisotopic (exact) mass is 228 g/mol. The summed E-state index contributed by atoms with van der Waals surface area (Å²) in [5.41, 5.74) is 4.87. The van der Waals surface area contributed by atoms with E-state index >= 15 is 0 Å². The molecule has 0 aliphatic carbocycles. The van der Waals surface area contributed by atoms with Crippen LogP contribution in [0.25, 0.3) is 0 Å². The molecule has 1 aromatic carbocycles. The molecule has 3 N–H and O–H groups in total. The average molecular weight is 228 g/mol. The van der Waals surface area contributed by atoms with Gasteiger partial charge >= 0.3 is 5.97 Å². The number of carbonyl (C=O) groups is 1. The Morgan fingerprint density at radius 3 is 2.69 bits per heavy atom. The highest BCUT2D eigenvalue weighted by Gasteiger charge is 2.16. The van der Waals surface area contributed by atoms with Crippen molar-refractivity contribution in [3.05, 3.63) is 39.7 Å². The molecule has 1 atom stereocenters. The third-order valence-corrected chi connectivity index (χ3v) is 2.00. The van der Waals surface area contributed by atoms with Crippen LogP contribution in [0.15, 0.2) is 18.2 Å². The average Bonchev–Trinajstić information content (AvgIpc) is 2.20. The van der Waals surface area contributed by atoms with Crippen LogP contribution in [0.1, 0.15) is 5.56 Å². The van der Waals surface area contributed by atoms with E-state index in [0.29, 0.717) is 0 Å². The fourth-order valence-electron chi connectivity index (χ4n) is 1.14. The van der Waals surface area contributed by atoms with Crippen molar-refractivity contribution >= 4 is 11.7 Å². The number of nitrogens with zero attached hydrogens (tertiary/aromatic N) is 1. The van der Waals surface area contributed by atoms with Crippen molar-refractivity contribution in [2.24, 2.45) is 5.73 Å². The number of carboxylic acid groups (broad SMARTS) is 1. The minimum absolute atomic E-state index is 0.0421. The summed E-state index contributed by atoms with van der Waals surface area (Å²) in [6.45, 7) is 0. The molecule has 1 rings (SSSR count). The Balaban J connectivity index is 2.91. The van der Waals surface area contributed by atoms with Gasteiger partial charge in [0.2, 0.25) is 0 Å². The molecule has 0 aliphatic heterocycles. The zero-order valence-electron chi connectivity index (χ0n) is 8.09. The van der Waals surface area contributed by atoms with Gasteiger partial charge in [-0.15, -0.1) is 0 Å². The number of benzene rings is 1. The zero-order chi connectivity index (χ0) is 12.3. The largest absolute Gasteiger partial charge is 0.480 e. The van der Waals surface area contributed by atoms with Crippen LogP contribution in [0, 0.1) is 15.9 Å². The van der Waals surface area contributed by atoms with Gasteiger partial charge in [-0.3, -0.25) is 14.9 Å². The number of hydrogen-bond acceptors (Lipinski definition) is 4. The second kappa shape index (κ2) is 4.67. The molecular weight excluding hydrogens is 219 g/mol. The van der Waals surface area contributed by atoms with Crippen LogP contribution in [0.4, 0.5) is 10.1 Å². The fraction of sp³-hybridized carbons (Fsp3) is 0.222. The van der Waals surface area contributed by atoms with Crippen LogP contribution in [0.2, 0.25) is 0 Å². The van der Waals surface area contributed by atoms with E-state index in [1.165, 1.54) is 0 Å². The Morgan fingerprint density at radius 2 is 2.25 bits per heavy atom. The predicted molar refractivity (Wildman–Crippen MR) is 52.4 cm³/mol. The Bertz CT molecular complexity index is 436. The molecule has 0 aliphatic rings. The first-order valence-electron chi connectivity index (χ1n) is 4.33. The third kappa shape index (κ3) is 2.74. The fourth-order valence-corrected chi connectivity index (χ4v) is 1.14. The van der Waals surface area contributed by atoms with Crippen LogP contribution < -0.4 is 5.73 Å². The molecule has 0 spiro atoms. The summed E-state index contributed by atoms with van der Waals surface area (Å²) >= 11 is 0. The van der Waals surface area contributed by atoms with Gasteiger partial charge in [-0.25, -0.2) is 4.39 Å². The highest BCUT2D eigenvalue weighted by Crippen LogP contribution is 2.17. The maximum atomic E-state index is 13.3. The molecule has 86 valence electrons. The molecule has 16 heavy (non-hydrogen) atoms. The zero-order valence-corrected chi connectivity index (χ0v) is 8.09. The maximum Gasteiger partial charge on any atom is 0.320 e. The van der Waals surface area contributed by atoms with Crippen molar-refractivity contribution < 1.29 is 19.2 Å². The van der Waals surface area contributed by atoms with E-state index in [2.05, 4.69) is 0 Å². The molecule has 0 amide bonds.